The summed E-state index contributed by atoms with van der Waals surface area (Å²) in [5, 5.41) is 16.8. The van der Waals surface area contributed by atoms with Crippen LogP contribution >= 0.6 is 0 Å². The highest BCUT2D eigenvalue weighted by Gasteiger charge is 2.08. The summed E-state index contributed by atoms with van der Waals surface area (Å²) < 4.78 is 0. The van der Waals surface area contributed by atoms with E-state index in [0.717, 1.165) is 22.4 Å². The summed E-state index contributed by atoms with van der Waals surface area (Å²) in [4.78, 5) is 23.9. The maximum absolute atomic E-state index is 12.0. The summed E-state index contributed by atoms with van der Waals surface area (Å²) in [6.45, 7) is 7.55. The van der Waals surface area contributed by atoms with Crippen LogP contribution < -0.4 is 10.7 Å². The Hall–Kier alpha value is -3.41. The number of hydrogen-bond donors (Lipinski definition) is 3. The minimum Gasteiger partial charge on any atom is -0.507 e. The third kappa shape index (κ3) is 6.09. The van der Waals surface area contributed by atoms with Gasteiger partial charge in [-0.2, -0.15) is 5.10 Å². The number of aryl methyl sites for hydroxylation is 2. The van der Waals surface area contributed by atoms with Crippen LogP contribution in [0.25, 0.3) is 0 Å². The number of benzene rings is 2. The molecule has 0 aliphatic carbocycles. The largest absolute Gasteiger partial charge is 0.507 e. The number of hydrazone groups is 1. The van der Waals surface area contributed by atoms with Crippen molar-refractivity contribution in [1.29, 1.82) is 0 Å². The van der Waals surface area contributed by atoms with Gasteiger partial charge >= 0.3 is 0 Å². The summed E-state index contributed by atoms with van der Waals surface area (Å²) in [5.74, 6) is -0.511. The number of phenols is 1. The summed E-state index contributed by atoms with van der Waals surface area (Å²) >= 11 is 0. The minimum absolute atomic E-state index is 0.0105. The lowest BCUT2D eigenvalue weighted by Gasteiger charge is -2.08. The fourth-order valence-corrected chi connectivity index (χ4v) is 2.66. The SMILES string of the molecule is C=CCc1cccc(/C=N/NC(=O)CCC(=O)Nc2ccc(C)cc2C)c1O. The first-order valence-electron chi connectivity index (χ1n) is 9.01. The summed E-state index contributed by atoms with van der Waals surface area (Å²) in [6, 6.07) is 11.0. The number of phenolic OH excluding ortho intramolecular Hbond substituents is 1. The van der Waals surface area contributed by atoms with Crippen molar-refractivity contribution in [3.05, 3.63) is 71.3 Å². The smallest absolute Gasteiger partial charge is 0.240 e. The molecule has 0 aliphatic heterocycles. The van der Waals surface area contributed by atoms with Gasteiger partial charge in [0.05, 0.1) is 6.21 Å². The molecule has 0 aliphatic rings. The molecular weight excluding hydrogens is 354 g/mol. The molecule has 0 saturated heterocycles. The van der Waals surface area contributed by atoms with Crippen LogP contribution in [0.15, 0.2) is 54.2 Å². The Morgan fingerprint density at radius 1 is 1.14 bits per heavy atom. The standard InChI is InChI=1S/C22H25N3O3/c1-4-6-17-7-5-8-18(22(17)28)14-23-25-21(27)12-11-20(26)24-19-10-9-15(2)13-16(19)3/h4-5,7-10,13-14,28H,1,6,11-12H2,2-3H3,(H,24,26)(H,25,27)/b23-14+. The Kier molecular flexibility index (Phi) is 7.51. The van der Waals surface area contributed by atoms with Crippen molar-refractivity contribution in [2.75, 3.05) is 5.32 Å². The Morgan fingerprint density at radius 3 is 2.61 bits per heavy atom. The van der Waals surface area contributed by atoms with Gasteiger partial charge in [0, 0.05) is 24.1 Å². The molecule has 0 heterocycles. The first-order chi connectivity index (χ1) is 13.4. The van der Waals surface area contributed by atoms with Gasteiger partial charge in [-0.25, -0.2) is 5.43 Å². The van der Waals surface area contributed by atoms with E-state index in [4.69, 9.17) is 0 Å². The predicted octanol–water partition coefficient (Wildman–Crippen LogP) is 3.61. The van der Waals surface area contributed by atoms with E-state index >= 15 is 0 Å². The number of carbonyl (C=O) groups is 2. The molecule has 0 radical (unpaired) electrons. The maximum Gasteiger partial charge on any atom is 0.240 e. The van der Waals surface area contributed by atoms with E-state index in [9.17, 15) is 14.7 Å². The highest BCUT2D eigenvalue weighted by Crippen LogP contribution is 2.21. The predicted molar refractivity (Wildman–Crippen MR) is 112 cm³/mol. The van der Waals surface area contributed by atoms with E-state index in [1.54, 1.807) is 24.3 Å². The van der Waals surface area contributed by atoms with Crippen molar-refractivity contribution >= 4 is 23.7 Å². The Bertz CT molecular complexity index is 904. The van der Waals surface area contributed by atoms with Crippen molar-refractivity contribution in [3.63, 3.8) is 0 Å². The number of hydrogen-bond acceptors (Lipinski definition) is 4. The molecule has 2 aromatic carbocycles. The zero-order valence-corrected chi connectivity index (χ0v) is 16.2. The molecule has 0 spiro atoms. The van der Waals surface area contributed by atoms with Crippen LogP contribution in [0.4, 0.5) is 5.69 Å². The summed E-state index contributed by atoms with van der Waals surface area (Å²) in [7, 11) is 0. The number of nitrogens with zero attached hydrogens (tertiary/aromatic N) is 1. The number of allylic oxidation sites excluding steroid dienone is 1. The fourth-order valence-electron chi connectivity index (χ4n) is 2.66. The van der Waals surface area contributed by atoms with Gasteiger partial charge in [-0.15, -0.1) is 6.58 Å². The van der Waals surface area contributed by atoms with E-state index in [2.05, 4.69) is 22.4 Å². The number of anilines is 1. The van der Waals surface area contributed by atoms with Crippen LogP contribution in [0.3, 0.4) is 0 Å². The van der Waals surface area contributed by atoms with Crippen molar-refractivity contribution in [2.45, 2.75) is 33.1 Å². The minimum atomic E-state index is -0.381. The van der Waals surface area contributed by atoms with Crippen LogP contribution in [-0.2, 0) is 16.0 Å². The van der Waals surface area contributed by atoms with Gasteiger partial charge in [0.1, 0.15) is 5.75 Å². The quantitative estimate of drug-likeness (QED) is 0.372. The van der Waals surface area contributed by atoms with E-state index in [1.807, 2.05) is 32.0 Å². The monoisotopic (exact) mass is 379 g/mol. The number of carbonyl (C=O) groups excluding carboxylic acids is 2. The van der Waals surface area contributed by atoms with Crippen LogP contribution in [0, 0.1) is 13.8 Å². The van der Waals surface area contributed by atoms with E-state index in [1.165, 1.54) is 6.21 Å². The second-order valence-corrected chi connectivity index (χ2v) is 6.51. The number of rotatable bonds is 8. The normalized spacial score (nSPS) is 10.6. The van der Waals surface area contributed by atoms with E-state index < -0.39 is 0 Å². The number of para-hydroxylation sites is 1. The van der Waals surface area contributed by atoms with Crippen molar-refractivity contribution in [1.82, 2.24) is 5.43 Å². The fraction of sp³-hybridized carbons (Fsp3) is 0.227. The van der Waals surface area contributed by atoms with Crippen molar-refractivity contribution in [3.8, 4) is 5.75 Å². The molecule has 2 amide bonds. The highest BCUT2D eigenvalue weighted by atomic mass is 16.3. The van der Waals surface area contributed by atoms with Gasteiger partial charge in [-0.3, -0.25) is 9.59 Å². The molecule has 6 heteroatoms. The van der Waals surface area contributed by atoms with Crippen molar-refractivity contribution < 1.29 is 14.7 Å². The molecule has 0 unspecified atom stereocenters. The van der Waals surface area contributed by atoms with Gasteiger partial charge in [0.2, 0.25) is 11.8 Å². The van der Waals surface area contributed by atoms with Crippen LogP contribution in [0.1, 0.15) is 35.1 Å². The highest BCUT2D eigenvalue weighted by molar-refractivity contribution is 5.94. The molecule has 2 rings (SSSR count). The third-order valence-corrected chi connectivity index (χ3v) is 4.14. The molecule has 146 valence electrons. The van der Waals surface area contributed by atoms with Gasteiger partial charge in [0.15, 0.2) is 0 Å². The molecule has 0 fully saturated rings. The number of amides is 2. The molecule has 28 heavy (non-hydrogen) atoms. The Morgan fingerprint density at radius 2 is 1.89 bits per heavy atom. The topological polar surface area (TPSA) is 90.8 Å². The lowest BCUT2D eigenvalue weighted by molar-refractivity contribution is -0.124. The zero-order valence-electron chi connectivity index (χ0n) is 16.2. The third-order valence-electron chi connectivity index (χ3n) is 4.14. The van der Waals surface area contributed by atoms with Gasteiger partial charge in [0.25, 0.3) is 0 Å². The van der Waals surface area contributed by atoms with E-state index in [-0.39, 0.29) is 30.4 Å². The maximum atomic E-state index is 12.0. The van der Waals surface area contributed by atoms with Crippen LogP contribution in [0.2, 0.25) is 0 Å². The average Bonchev–Trinajstić information content (AvgIpc) is 2.65. The Balaban J connectivity index is 1.82. The number of nitrogens with one attached hydrogen (secondary N) is 2. The van der Waals surface area contributed by atoms with Crippen LogP contribution in [-0.4, -0.2) is 23.1 Å². The molecule has 3 N–H and O–H groups in total. The molecule has 0 aromatic heterocycles. The molecule has 0 bridgehead atoms. The van der Waals surface area contributed by atoms with E-state index in [0.29, 0.717) is 12.0 Å². The van der Waals surface area contributed by atoms with Gasteiger partial charge in [-0.1, -0.05) is 35.9 Å². The second kappa shape index (κ2) is 10.1. The zero-order chi connectivity index (χ0) is 20.5. The molecule has 0 atom stereocenters. The summed E-state index contributed by atoms with van der Waals surface area (Å²) in [5.41, 5.74) is 6.42. The summed E-state index contributed by atoms with van der Waals surface area (Å²) in [6.07, 6.45) is 3.66. The van der Waals surface area contributed by atoms with Crippen molar-refractivity contribution in [2.24, 2.45) is 5.10 Å². The Labute approximate surface area is 165 Å². The lowest BCUT2D eigenvalue weighted by atomic mass is 10.1. The second-order valence-electron chi connectivity index (χ2n) is 6.51. The average molecular weight is 379 g/mol. The molecule has 0 saturated carbocycles. The lowest BCUT2D eigenvalue weighted by Crippen LogP contribution is -2.20. The first kappa shape index (κ1) is 20.9. The van der Waals surface area contributed by atoms with Gasteiger partial charge < -0.3 is 10.4 Å². The number of aromatic hydroxyl groups is 1. The first-order valence-corrected chi connectivity index (χ1v) is 9.01. The van der Waals surface area contributed by atoms with Crippen LogP contribution in [0.5, 0.6) is 5.75 Å². The molecule has 2 aromatic rings. The molecule has 6 nitrogen and oxygen atoms in total. The van der Waals surface area contributed by atoms with Gasteiger partial charge in [-0.05, 0) is 43.5 Å². The molecular formula is C22H25N3O3.